The lowest BCUT2D eigenvalue weighted by atomic mass is 9.89. The molecule has 1 atom stereocenters. The smallest absolute Gasteiger partial charge is 0.234 e. The highest BCUT2D eigenvalue weighted by molar-refractivity contribution is 5.87. The van der Waals surface area contributed by atoms with E-state index in [1.54, 1.807) is 6.92 Å². The molecule has 6 nitrogen and oxygen atoms in total. The Morgan fingerprint density at radius 3 is 2.23 bits per heavy atom. The van der Waals surface area contributed by atoms with Gasteiger partial charge in [-0.3, -0.25) is 9.59 Å². The van der Waals surface area contributed by atoms with E-state index in [4.69, 9.17) is 0 Å². The van der Waals surface area contributed by atoms with Gasteiger partial charge in [-0.2, -0.15) is 0 Å². The fourth-order valence-electron chi connectivity index (χ4n) is 5.10. The topological polar surface area (TPSA) is 69.3 Å². The van der Waals surface area contributed by atoms with Crippen molar-refractivity contribution in [1.29, 1.82) is 0 Å². The number of aromatic nitrogens is 2. The summed E-state index contributed by atoms with van der Waals surface area (Å²) in [5.41, 5.74) is 3.94. The first-order chi connectivity index (χ1) is 17.1. The molecule has 0 spiro atoms. The molecule has 178 valence electrons. The second-order valence-corrected chi connectivity index (χ2v) is 9.33. The van der Waals surface area contributed by atoms with Gasteiger partial charge in [0.1, 0.15) is 5.65 Å². The van der Waals surface area contributed by atoms with E-state index in [9.17, 15) is 9.59 Å². The van der Waals surface area contributed by atoms with Crippen LogP contribution in [0.3, 0.4) is 0 Å². The molecule has 4 aromatic rings. The average Bonchev–Trinajstić information content (AvgIpc) is 3.24. The molecule has 5 rings (SSSR count). The van der Waals surface area contributed by atoms with E-state index in [1.807, 2.05) is 88.9 Å². The number of H-pyrrole nitrogens is 1. The maximum Gasteiger partial charge on any atom is 0.234 e. The van der Waals surface area contributed by atoms with Crippen molar-refractivity contribution in [3.8, 4) is 0 Å². The number of rotatable bonds is 5. The number of aromatic amines is 1. The van der Waals surface area contributed by atoms with E-state index in [2.05, 4.69) is 16.0 Å². The van der Waals surface area contributed by atoms with Crippen LogP contribution in [0.2, 0.25) is 0 Å². The number of hydrogen-bond donors (Lipinski definition) is 1. The second-order valence-electron chi connectivity index (χ2n) is 9.33. The Balaban J connectivity index is 1.43. The van der Waals surface area contributed by atoms with Crippen LogP contribution in [0.25, 0.3) is 11.0 Å². The lowest BCUT2D eigenvalue weighted by Crippen LogP contribution is -2.40. The number of benzene rings is 2. The zero-order valence-electron chi connectivity index (χ0n) is 19.9. The Morgan fingerprint density at radius 1 is 0.943 bits per heavy atom. The average molecular weight is 467 g/mol. The maximum absolute atomic E-state index is 14.1. The van der Waals surface area contributed by atoms with Gasteiger partial charge in [-0.05, 0) is 41.2 Å². The summed E-state index contributed by atoms with van der Waals surface area (Å²) in [7, 11) is 0. The third-order valence-electron chi connectivity index (χ3n) is 6.85. The first kappa shape index (κ1) is 22.8. The molecule has 1 fully saturated rings. The predicted molar refractivity (Wildman–Crippen MR) is 137 cm³/mol. The molecule has 0 bridgehead atoms. The highest BCUT2D eigenvalue weighted by Crippen LogP contribution is 2.28. The number of carbonyl (C=O) groups excluding carboxylic acids is 2. The molecule has 0 aliphatic carbocycles. The van der Waals surface area contributed by atoms with Crippen LogP contribution in [0.5, 0.6) is 0 Å². The van der Waals surface area contributed by atoms with Gasteiger partial charge in [-0.1, -0.05) is 60.7 Å². The fourth-order valence-corrected chi connectivity index (χ4v) is 5.10. The molecule has 0 saturated carbocycles. The van der Waals surface area contributed by atoms with Crippen LogP contribution < -0.4 is 0 Å². The molecule has 6 heteroatoms. The van der Waals surface area contributed by atoms with E-state index in [1.165, 1.54) is 0 Å². The number of carbonyl (C=O) groups is 2. The van der Waals surface area contributed by atoms with Gasteiger partial charge in [-0.25, -0.2) is 4.98 Å². The van der Waals surface area contributed by atoms with E-state index in [-0.39, 0.29) is 23.7 Å². The van der Waals surface area contributed by atoms with E-state index in [0.717, 1.165) is 34.1 Å². The SMILES string of the molecule is CC(=O)N1CCN(C(=O)C(c2ccccc2)c2ccccc2)C[C@@H](Cc2cnc3[nH]ccc3c2)C1. The number of nitrogens with zero attached hydrogens (tertiary/aromatic N) is 3. The van der Waals surface area contributed by atoms with Crippen molar-refractivity contribution >= 4 is 22.8 Å². The van der Waals surface area contributed by atoms with Gasteiger partial charge < -0.3 is 14.8 Å². The summed E-state index contributed by atoms with van der Waals surface area (Å²) in [6.07, 6.45) is 4.53. The van der Waals surface area contributed by atoms with Crippen molar-refractivity contribution in [1.82, 2.24) is 19.8 Å². The summed E-state index contributed by atoms with van der Waals surface area (Å²) in [4.78, 5) is 37.9. The van der Waals surface area contributed by atoms with Crippen LogP contribution in [0.15, 0.2) is 85.2 Å². The van der Waals surface area contributed by atoms with Crippen molar-refractivity contribution in [3.05, 3.63) is 102 Å². The van der Waals surface area contributed by atoms with Gasteiger partial charge in [0.05, 0.1) is 5.92 Å². The van der Waals surface area contributed by atoms with Crippen LogP contribution in [0.1, 0.15) is 29.5 Å². The molecule has 1 aliphatic heterocycles. The first-order valence-corrected chi connectivity index (χ1v) is 12.1. The Labute approximate surface area is 205 Å². The number of amides is 2. The van der Waals surface area contributed by atoms with E-state index >= 15 is 0 Å². The van der Waals surface area contributed by atoms with Crippen molar-refractivity contribution in [3.63, 3.8) is 0 Å². The van der Waals surface area contributed by atoms with Crippen LogP contribution >= 0.6 is 0 Å². The summed E-state index contributed by atoms with van der Waals surface area (Å²) >= 11 is 0. The molecule has 0 radical (unpaired) electrons. The molecule has 2 aromatic heterocycles. The number of hydrogen-bond acceptors (Lipinski definition) is 3. The quantitative estimate of drug-likeness (QED) is 0.478. The summed E-state index contributed by atoms with van der Waals surface area (Å²) < 4.78 is 0. The largest absolute Gasteiger partial charge is 0.346 e. The second kappa shape index (κ2) is 10.1. The minimum atomic E-state index is -0.375. The van der Waals surface area contributed by atoms with Crippen LogP contribution in [0.4, 0.5) is 0 Å². The molecular weight excluding hydrogens is 436 g/mol. The zero-order valence-corrected chi connectivity index (χ0v) is 19.9. The number of fused-ring (bicyclic) bond motifs is 1. The Bertz CT molecular complexity index is 1260. The molecule has 3 heterocycles. The predicted octanol–water partition coefficient (Wildman–Crippen LogP) is 4.24. The third-order valence-corrected chi connectivity index (χ3v) is 6.85. The number of pyridine rings is 1. The van der Waals surface area contributed by atoms with Crippen molar-refractivity contribution in [2.24, 2.45) is 5.92 Å². The van der Waals surface area contributed by atoms with Crippen molar-refractivity contribution in [2.45, 2.75) is 19.3 Å². The molecule has 1 saturated heterocycles. The Kier molecular flexibility index (Phi) is 6.62. The lowest BCUT2D eigenvalue weighted by molar-refractivity contribution is -0.133. The number of nitrogens with one attached hydrogen (secondary N) is 1. The van der Waals surface area contributed by atoms with Crippen LogP contribution in [-0.2, 0) is 16.0 Å². The van der Waals surface area contributed by atoms with Gasteiger partial charge in [0.15, 0.2) is 0 Å². The van der Waals surface area contributed by atoms with Crippen molar-refractivity contribution in [2.75, 3.05) is 26.2 Å². The molecule has 2 amide bonds. The van der Waals surface area contributed by atoms with Gasteiger partial charge in [0.2, 0.25) is 11.8 Å². The highest BCUT2D eigenvalue weighted by Gasteiger charge is 2.32. The van der Waals surface area contributed by atoms with Gasteiger partial charge >= 0.3 is 0 Å². The normalized spacial score (nSPS) is 16.5. The fraction of sp³-hybridized carbons (Fsp3) is 0.276. The molecule has 35 heavy (non-hydrogen) atoms. The molecule has 1 aliphatic rings. The third kappa shape index (κ3) is 5.11. The molecular formula is C29H30N4O2. The Morgan fingerprint density at radius 2 is 1.57 bits per heavy atom. The first-order valence-electron chi connectivity index (χ1n) is 12.1. The standard InChI is InChI=1S/C29H30N4O2/c1-21(34)32-14-15-33(20-23(19-32)16-22-17-26-12-13-30-28(26)31-18-22)29(35)27(24-8-4-2-5-9-24)25-10-6-3-7-11-25/h2-13,17-18,23,27H,14-16,19-20H2,1H3,(H,30,31)/t23-/m0/s1. The Hall–Kier alpha value is -3.93. The summed E-state index contributed by atoms with van der Waals surface area (Å²) in [6.45, 7) is 3.91. The highest BCUT2D eigenvalue weighted by atomic mass is 16.2. The minimum Gasteiger partial charge on any atom is -0.346 e. The summed E-state index contributed by atoms with van der Waals surface area (Å²) in [5.74, 6) is -0.126. The minimum absolute atomic E-state index is 0.0474. The lowest BCUT2D eigenvalue weighted by Gasteiger charge is -2.29. The maximum atomic E-state index is 14.1. The molecule has 0 unspecified atom stereocenters. The van der Waals surface area contributed by atoms with Crippen LogP contribution in [0, 0.1) is 5.92 Å². The molecule has 2 aromatic carbocycles. The van der Waals surface area contributed by atoms with Gasteiger partial charge in [0, 0.05) is 50.9 Å². The van der Waals surface area contributed by atoms with Gasteiger partial charge in [0.25, 0.3) is 0 Å². The zero-order chi connectivity index (χ0) is 24.2. The monoisotopic (exact) mass is 466 g/mol. The van der Waals surface area contributed by atoms with E-state index < -0.39 is 0 Å². The van der Waals surface area contributed by atoms with Crippen LogP contribution in [-0.4, -0.2) is 57.8 Å². The molecule has 1 N–H and O–H groups in total. The van der Waals surface area contributed by atoms with Crippen molar-refractivity contribution < 1.29 is 9.59 Å². The summed E-state index contributed by atoms with van der Waals surface area (Å²) in [5, 5.41) is 1.07. The van der Waals surface area contributed by atoms with E-state index in [0.29, 0.717) is 26.2 Å². The van der Waals surface area contributed by atoms with Gasteiger partial charge in [-0.15, -0.1) is 0 Å². The summed E-state index contributed by atoms with van der Waals surface area (Å²) in [6, 6.07) is 24.1.